The summed E-state index contributed by atoms with van der Waals surface area (Å²) in [5.74, 6) is 0. The van der Waals surface area contributed by atoms with E-state index in [1.807, 2.05) is 0 Å². The summed E-state index contributed by atoms with van der Waals surface area (Å²) in [5, 5.41) is 0. The minimum absolute atomic E-state index is 0.0767. The highest BCUT2D eigenvalue weighted by atomic mass is 15.2. The summed E-state index contributed by atoms with van der Waals surface area (Å²) < 4.78 is 0. The van der Waals surface area contributed by atoms with Gasteiger partial charge in [0.15, 0.2) is 0 Å². The van der Waals surface area contributed by atoms with Crippen molar-refractivity contribution in [2.24, 2.45) is 5.73 Å². The van der Waals surface area contributed by atoms with E-state index >= 15 is 0 Å². The molecule has 1 saturated heterocycles. The van der Waals surface area contributed by atoms with Gasteiger partial charge in [0.05, 0.1) is 0 Å². The monoisotopic (exact) mass is 275 g/mol. The van der Waals surface area contributed by atoms with Crippen molar-refractivity contribution >= 4 is 0 Å². The summed E-state index contributed by atoms with van der Waals surface area (Å²) in [5.41, 5.74) is 9.00. The quantitative estimate of drug-likeness (QED) is 0.916. The number of aryl methyl sites for hydroxylation is 1. The zero-order chi connectivity index (χ0) is 14.7. The third-order valence-corrected chi connectivity index (χ3v) is 4.80. The topological polar surface area (TPSA) is 32.5 Å². The van der Waals surface area contributed by atoms with Crippen LogP contribution in [0.15, 0.2) is 24.3 Å². The van der Waals surface area contributed by atoms with Crippen molar-refractivity contribution < 1.29 is 0 Å². The van der Waals surface area contributed by atoms with Crippen LogP contribution in [0, 0.1) is 6.92 Å². The third kappa shape index (κ3) is 3.60. The maximum absolute atomic E-state index is 6.48. The Labute approximate surface area is 123 Å². The SMILES string of the molecule is Cc1ccc(C(N)C(C)N(C)C2CCCN(C)C2)cc1. The summed E-state index contributed by atoms with van der Waals surface area (Å²) in [6.45, 7) is 6.74. The van der Waals surface area contributed by atoms with Crippen molar-refractivity contribution in [3.8, 4) is 0 Å². The molecule has 3 heteroatoms. The van der Waals surface area contributed by atoms with Crippen LogP contribution < -0.4 is 5.73 Å². The summed E-state index contributed by atoms with van der Waals surface area (Å²) in [6, 6.07) is 9.68. The number of rotatable bonds is 4. The Morgan fingerprint density at radius 3 is 2.55 bits per heavy atom. The molecule has 0 saturated carbocycles. The summed E-state index contributed by atoms with van der Waals surface area (Å²) in [4.78, 5) is 4.90. The Bertz CT molecular complexity index is 415. The first-order valence-electron chi connectivity index (χ1n) is 7.71. The number of hydrogen-bond donors (Lipinski definition) is 1. The van der Waals surface area contributed by atoms with Gasteiger partial charge in [0, 0.05) is 24.7 Å². The van der Waals surface area contributed by atoms with E-state index in [0.29, 0.717) is 12.1 Å². The van der Waals surface area contributed by atoms with Crippen LogP contribution in [0.1, 0.15) is 36.9 Å². The highest BCUT2D eigenvalue weighted by Gasteiger charge is 2.27. The first kappa shape index (κ1) is 15.5. The highest BCUT2D eigenvalue weighted by Crippen LogP contribution is 2.23. The van der Waals surface area contributed by atoms with Crippen molar-refractivity contribution in [2.75, 3.05) is 27.2 Å². The van der Waals surface area contributed by atoms with Gasteiger partial charge in [-0.05, 0) is 52.9 Å². The largest absolute Gasteiger partial charge is 0.323 e. The molecule has 112 valence electrons. The van der Waals surface area contributed by atoms with Crippen LogP contribution >= 0.6 is 0 Å². The Kier molecular flexibility index (Phi) is 5.19. The lowest BCUT2D eigenvalue weighted by Crippen LogP contribution is -2.50. The van der Waals surface area contributed by atoms with Crippen molar-refractivity contribution in [1.29, 1.82) is 0 Å². The number of piperidine rings is 1. The van der Waals surface area contributed by atoms with Gasteiger partial charge in [-0.15, -0.1) is 0 Å². The fraction of sp³-hybridized carbons (Fsp3) is 0.647. The fourth-order valence-corrected chi connectivity index (χ4v) is 3.12. The van der Waals surface area contributed by atoms with Gasteiger partial charge < -0.3 is 10.6 Å². The summed E-state index contributed by atoms with van der Waals surface area (Å²) in [6.07, 6.45) is 2.57. The zero-order valence-electron chi connectivity index (χ0n) is 13.3. The molecular weight excluding hydrogens is 246 g/mol. The minimum Gasteiger partial charge on any atom is -0.323 e. The number of nitrogens with zero attached hydrogens (tertiary/aromatic N) is 2. The molecule has 3 atom stereocenters. The van der Waals surface area contributed by atoms with E-state index in [4.69, 9.17) is 5.73 Å². The predicted molar refractivity (Wildman–Crippen MR) is 85.9 cm³/mol. The first-order valence-corrected chi connectivity index (χ1v) is 7.71. The number of hydrogen-bond acceptors (Lipinski definition) is 3. The lowest BCUT2D eigenvalue weighted by Gasteiger charge is -2.40. The van der Waals surface area contributed by atoms with Gasteiger partial charge >= 0.3 is 0 Å². The van der Waals surface area contributed by atoms with Crippen LogP contribution in [0.2, 0.25) is 0 Å². The van der Waals surface area contributed by atoms with E-state index in [0.717, 1.165) is 6.54 Å². The molecule has 1 aliphatic rings. The molecule has 3 nitrogen and oxygen atoms in total. The molecule has 1 aromatic rings. The van der Waals surface area contributed by atoms with Crippen LogP contribution in [0.5, 0.6) is 0 Å². The van der Waals surface area contributed by atoms with Crippen molar-refractivity contribution in [3.63, 3.8) is 0 Å². The molecule has 0 aromatic heterocycles. The fourth-order valence-electron chi connectivity index (χ4n) is 3.12. The van der Waals surface area contributed by atoms with Crippen LogP contribution in [-0.4, -0.2) is 49.1 Å². The molecule has 2 rings (SSSR count). The van der Waals surface area contributed by atoms with Gasteiger partial charge in [0.25, 0.3) is 0 Å². The lowest BCUT2D eigenvalue weighted by molar-refractivity contribution is 0.0943. The number of nitrogens with two attached hydrogens (primary N) is 1. The van der Waals surface area contributed by atoms with Gasteiger partial charge in [-0.3, -0.25) is 4.90 Å². The van der Waals surface area contributed by atoms with E-state index in [1.54, 1.807) is 0 Å². The van der Waals surface area contributed by atoms with Crippen molar-refractivity contribution in [2.45, 2.75) is 44.8 Å². The molecule has 0 spiro atoms. The van der Waals surface area contributed by atoms with Crippen molar-refractivity contribution in [1.82, 2.24) is 9.80 Å². The second-order valence-corrected chi connectivity index (χ2v) is 6.40. The number of benzene rings is 1. The second-order valence-electron chi connectivity index (χ2n) is 6.40. The molecule has 0 bridgehead atoms. The van der Waals surface area contributed by atoms with Crippen LogP contribution in [0.25, 0.3) is 0 Å². The smallest absolute Gasteiger partial charge is 0.0450 e. The van der Waals surface area contributed by atoms with Crippen LogP contribution in [0.4, 0.5) is 0 Å². The van der Waals surface area contributed by atoms with Gasteiger partial charge in [0.2, 0.25) is 0 Å². The molecule has 3 unspecified atom stereocenters. The predicted octanol–water partition coefficient (Wildman–Crippen LogP) is 2.41. The second kappa shape index (κ2) is 6.70. The first-order chi connectivity index (χ1) is 9.49. The maximum Gasteiger partial charge on any atom is 0.0450 e. The van der Waals surface area contributed by atoms with E-state index in [2.05, 4.69) is 62.0 Å². The zero-order valence-corrected chi connectivity index (χ0v) is 13.3. The molecule has 1 aliphatic heterocycles. The third-order valence-electron chi connectivity index (χ3n) is 4.80. The Hall–Kier alpha value is -0.900. The standard InChI is InChI=1S/C17H29N3/c1-13-7-9-15(10-8-13)17(18)14(2)20(4)16-6-5-11-19(3)12-16/h7-10,14,16-17H,5-6,11-12,18H2,1-4H3. The Morgan fingerprint density at radius 2 is 1.95 bits per heavy atom. The minimum atomic E-state index is 0.0767. The molecule has 0 amide bonds. The molecule has 1 aromatic carbocycles. The van der Waals surface area contributed by atoms with Crippen molar-refractivity contribution in [3.05, 3.63) is 35.4 Å². The molecule has 0 aliphatic carbocycles. The normalized spacial score (nSPS) is 23.8. The lowest BCUT2D eigenvalue weighted by atomic mass is 9.96. The molecule has 0 radical (unpaired) electrons. The summed E-state index contributed by atoms with van der Waals surface area (Å²) >= 11 is 0. The van der Waals surface area contributed by atoms with Gasteiger partial charge in [-0.1, -0.05) is 29.8 Å². The van der Waals surface area contributed by atoms with Gasteiger partial charge in [0.1, 0.15) is 0 Å². The molecule has 2 N–H and O–H groups in total. The number of likely N-dealkylation sites (N-methyl/N-ethyl adjacent to an activating group) is 2. The molecule has 20 heavy (non-hydrogen) atoms. The van der Waals surface area contributed by atoms with Crippen LogP contribution in [0.3, 0.4) is 0 Å². The molecular formula is C17H29N3. The molecule has 1 fully saturated rings. The van der Waals surface area contributed by atoms with Crippen LogP contribution in [-0.2, 0) is 0 Å². The van der Waals surface area contributed by atoms with E-state index in [1.165, 1.54) is 30.5 Å². The highest BCUT2D eigenvalue weighted by molar-refractivity contribution is 5.24. The van der Waals surface area contributed by atoms with E-state index < -0.39 is 0 Å². The van der Waals surface area contributed by atoms with E-state index in [9.17, 15) is 0 Å². The Balaban J connectivity index is 2.01. The average Bonchev–Trinajstić information content (AvgIpc) is 2.46. The number of likely N-dealkylation sites (tertiary alicyclic amines) is 1. The Morgan fingerprint density at radius 1 is 1.30 bits per heavy atom. The van der Waals surface area contributed by atoms with E-state index in [-0.39, 0.29) is 6.04 Å². The van der Waals surface area contributed by atoms with Gasteiger partial charge in [-0.25, -0.2) is 0 Å². The van der Waals surface area contributed by atoms with Gasteiger partial charge in [-0.2, -0.15) is 0 Å². The summed E-state index contributed by atoms with van der Waals surface area (Å²) in [7, 11) is 4.44. The molecule has 1 heterocycles. The maximum atomic E-state index is 6.48. The average molecular weight is 275 g/mol.